The Morgan fingerprint density at radius 2 is 0.616 bits per heavy atom. The fourth-order valence-corrected chi connectivity index (χ4v) is 17.4. The number of aromatic nitrogens is 8. The summed E-state index contributed by atoms with van der Waals surface area (Å²) in [6, 6.07) is 94.3. The SMILES string of the molecule is c1ccc(-c2ncc3c4ccc(-c5ccc(-c6ncc7c8ccccc8c8cnc(-c9cccc(-c%10cccc%11c%10sc%10ccccc%10%11)c9)nc8c7n6)cc5-c5cccc6c5sc5ccccc56)cc4c4cnc(-c5cccc(-c6ccc7c(c6)oc6ccccc67)c5)nc4c3n2)cc1. The molecule has 21 aromatic rings. The molecule has 11 heteroatoms. The van der Waals surface area contributed by atoms with Gasteiger partial charge in [0, 0.05) is 125 Å². The van der Waals surface area contributed by atoms with Crippen LogP contribution in [0.5, 0.6) is 0 Å². The van der Waals surface area contributed by atoms with Crippen LogP contribution in [-0.2, 0) is 0 Å². The van der Waals surface area contributed by atoms with Gasteiger partial charge >= 0.3 is 0 Å². The number of nitrogens with zero attached hydrogens (tertiary/aromatic N) is 8. The Morgan fingerprint density at radius 3 is 1.25 bits per heavy atom. The highest BCUT2D eigenvalue weighted by molar-refractivity contribution is 7.26. The first-order valence-electron chi connectivity index (χ1n) is 32.9. The molecule has 0 aliphatic rings. The van der Waals surface area contributed by atoms with E-state index in [9.17, 15) is 0 Å². The van der Waals surface area contributed by atoms with Crippen LogP contribution in [0.1, 0.15) is 0 Å². The van der Waals surface area contributed by atoms with Crippen molar-refractivity contribution in [1.29, 1.82) is 0 Å². The zero-order valence-corrected chi connectivity index (χ0v) is 54.1. The van der Waals surface area contributed by atoms with Crippen LogP contribution < -0.4 is 0 Å². The second-order valence-electron chi connectivity index (χ2n) is 25.3. The van der Waals surface area contributed by atoms with Crippen molar-refractivity contribution in [3.8, 4) is 90.1 Å². The molecule has 7 aromatic heterocycles. The highest BCUT2D eigenvalue weighted by Gasteiger charge is 2.23. The van der Waals surface area contributed by atoms with E-state index in [0.29, 0.717) is 23.3 Å². The van der Waals surface area contributed by atoms with Gasteiger partial charge in [-0.15, -0.1) is 22.7 Å². The Kier molecular flexibility index (Phi) is 12.3. The number of hydrogen-bond donors (Lipinski definition) is 0. The first-order valence-corrected chi connectivity index (χ1v) is 34.5. The lowest BCUT2D eigenvalue weighted by Crippen LogP contribution is -1.98. The lowest BCUT2D eigenvalue weighted by molar-refractivity contribution is 0.669. The van der Waals surface area contributed by atoms with Crippen LogP contribution in [0.3, 0.4) is 0 Å². The number of furan rings is 1. The largest absolute Gasteiger partial charge is 0.456 e. The van der Waals surface area contributed by atoms with E-state index in [0.717, 1.165) is 148 Å². The summed E-state index contributed by atoms with van der Waals surface area (Å²) in [4.78, 5) is 42.5. The molecule has 99 heavy (non-hydrogen) atoms. The molecule has 21 rings (SSSR count). The van der Waals surface area contributed by atoms with Gasteiger partial charge in [0.2, 0.25) is 0 Å². The third-order valence-corrected chi connectivity index (χ3v) is 22.1. The lowest BCUT2D eigenvalue weighted by Gasteiger charge is -2.16. The van der Waals surface area contributed by atoms with Crippen molar-refractivity contribution in [1.82, 2.24) is 39.9 Å². The van der Waals surface area contributed by atoms with Crippen LogP contribution in [0.15, 0.2) is 296 Å². The maximum absolute atomic E-state index is 6.34. The molecule has 0 aliphatic heterocycles. The minimum absolute atomic E-state index is 0.589. The number of para-hydroxylation sites is 1. The topological polar surface area (TPSA) is 116 Å². The molecule has 0 amide bonds. The quantitative estimate of drug-likeness (QED) is 0.137. The number of fused-ring (bicyclic) bond motifs is 21. The summed E-state index contributed by atoms with van der Waals surface area (Å²) in [7, 11) is 0. The Labute approximate surface area is 572 Å². The standard InChI is InChI=1S/C88H48N8OS2/c1-2-16-49(17-3-1)85-89-47-73-61-38-35-53(42-70(61)74-48-92-86(96-82(74)81(73)93-85)54-20-12-18-50(40-54)51-34-39-63-62-24-6-9-31-75(62)97-76(63)44-51)57-37-36-56(43-69(57)68-30-15-29-67-65-26-8-11-33-78(65)99-84(67)68)88-91-46-72-60-23-5-4-22-59(60)71-45-90-87(94-79(71)80(72)95-88)55-21-13-19-52(41-55)58-27-14-28-66-64-25-7-10-32-77(64)98-83(58)66/h1-48H. The maximum atomic E-state index is 6.34. The summed E-state index contributed by atoms with van der Waals surface area (Å²) in [6.45, 7) is 0. The van der Waals surface area contributed by atoms with Crippen molar-refractivity contribution in [2.45, 2.75) is 0 Å². The molecule has 14 aromatic carbocycles. The van der Waals surface area contributed by atoms with Gasteiger partial charge in [0.15, 0.2) is 23.3 Å². The fraction of sp³-hybridized carbons (Fsp3) is 0. The second kappa shape index (κ2) is 21.9. The third kappa shape index (κ3) is 8.85. The molecule has 0 unspecified atom stereocenters. The van der Waals surface area contributed by atoms with Crippen LogP contribution >= 0.6 is 22.7 Å². The summed E-state index contributed by atoms with van der Waals surface area (Å²) in [6.07, 6.45) is 7.89. The molecule has 9 nitrogen and oxygen atoms in total. The molecule has 7 heterocycles. The first-order chi connectivity index (χ1) is 49.0. The molecule has 0 N–H and O–H groups in total. The van der Waals surface area contributed by atoms with E-state index in [2.05, 4.69) is 218 Å². The van der Waals surface area contributed by atoms with Crippen molar-refractivity contribution < 1.29 is 4.42 Å². The monoisotopic (exact) mass is 1300 g/mol. The van der Waals surface area contributed by atoms with E-state index >= 15 is 0 Å². The first kappa shape index (κ1) is 55.5. The average Bonchev–Trinajstić information content (AvgIpc) is 1.29. The highest BCUT2D eigenvalue weighted by Crippen LogP contribution is 2.47. The van der Waals surface area contributed by atoms with Gasteiger partial charge in [-0.3, -0.25) is 0 Å². The highest BCUT2D eigenvalue weighted by atomic mass is 32.1. The molecular formula is C88H48N8OS2. The molecule has 0 aliphatic carbocycles. The van der Waals surface area contributed by atoms with Crippen molar-refractivity contribution >= 4 is 150 Å². The average molecular weight is 1300 g/mol. The van der Waals surface area contributed by atoms with Crippen LogP contribution in [0.4, 0.5) is 0 Å². The van der Waals surface area contributed by atoms with Gasteiger partial charge in [-0.1, -0.05) is 212 Å². The Bertz CT molecular complexity index is 7020. The van der Waals surface area contributed by atoms with Crippen LogP contribution in [-0.4, -0.2) is 39.9 Å². The van der Waals surface area contributed by atoms with Gasteiger partial charge in [0.25, 0.3) is 0 Å². The van der Waals surface area contributed by atoms with E-state index in [1.165, 1.54) is 45.9 Å². The van der Waals surface area contributed by atoms with E-state index in [1.54, 1.807) is 0 Å². The van der Waals surface area contributed by atoms with Crippen molar-refractivity contribution in [3.05, 3.63) is 292 Å². The summed E-state index contributed by atoms with van der Waals surface area (Å²) < 4.78 is 11.3. The van der Waals surface area contributed by atoms with Crippen molar-refractivity contribution in [2.24, 2.45) is 0 Å². The molecule has 0 fully saturated rings. The minimum atomic E-state index is 0.589. The molecule has 0 saturated carbocycles. The smallest absolute Gasteiger partial charge is 0.159 e. The van der Waals surface area contributed by atoms with E-state index in [4.69, 9.17) is 44.3 Å². The lowest BCUT2D eigenvalue weighted by atomic mass is 9.90. The van der Waals surface area contributed by atoms with Gasteiger partial charge in [-0.2, -0.15) is 0 Å². The number of rotatable bonds is 8. The zero-order chi connectivity index (χ0) is 64.8. The summed E-state index contributed by atoms with van der Waals surface area (Å²) in [5, 5.41) is 14.9. The second-order valence-corrected chi connectivity index (χ2v) is 27.4. The van der Waals surface area contributed by atoms with Crippen molar-refractivity contribution in [2.75, 3.05) is 0 Å². The number of thiophene rings is 2. The summed E-state index contributed by atoms with van der Waals surface area (Å²) in [5.41, 5.74) is 16.9. The predicted molar refractivity (Wildman–Crippen MR) is 410 cm³/mol. The van der Waals surface area contributed by atoms with Crippen LogP contribution in [0, 0.1) is 0 Å². The Morgan fingerprint density at radius 1 is 0.212 bits per heavy atom. The fourth-order valence-electron chi connectivity index (χ4n) is 15.0. The molecule has 0 saturated heterocycles. The van der Waals surface area contributed by atoms with Crippen molar-refractivity contribution in [3.63, 3.8) is 0 Å². The van der Waals surface area contributed by atoms with Crippen LogP contribution in [0.25, 0.3) is 217 Å². The predicted octanol–water partition coefficient (Wildman–Crippen LogP) is 23.7. The molecule has 0 spiro atoms. The van der Waals surface area contributed by atoms with Crippen LogP contribution in [0.2, 0.25) is 0 Å². The Hall–Kier alpha value is -12.8. The molecular weight excluding hydrogens is 1250 g/mol. The van der Waals surface area contributed by atoms with E-state index in [-0.39, 0.29) is 0 Å². The minimum Gasteiger partial charge on any atom is -0.456 e. The van der Waals surface area contributed by atoms with Gasteiger partial charge in [-0.05, 0) is 115 Å². The van der Waals surface area contributed by atoms with E-state index in [1.807, 2.05) is 96.0 Å². The zero-order valence-electron chi connectivity index (χ0n) is 52.5. The molecule has 0 atom stereocenters. The molecule has 0 bridgehead atoms. The van der Waals surface area contributed by atoms with Gasteiger partial charge in [0.1, 0.15) is 33.2 Å². The van der Waals surface area contributed by atoms with Gasteiger partial charge < -0.3 is 4.42 Å². The van der Waals surface area contributed by atoms with Gasteiger partial charge in [-0.25, -0.2) is 39.9 Å². The van der Waals surface area contributed by atoms with Gasteiger partial charge in [0.05, 0.1) is 0 Å². The van der Waals surface area contributed by atoms with E-state index < -0.39 is 0 Å². The third-order valence-electron chi connectivity index (χ3n) is 19.7. The number of benzene rings is 14. The summed E-state index contributed by atoms with van der Waals surface area (Å²) >= 11 is 3.65. The number of hydrogen-bond acceptors (Lipinski definition) is 11. The Balaban J connectivity index is 0.730. The molecule has 0 radical (unpaired) electrons. The summed E-state index contributed by atoms with van der Waals surface area (Å²) in [5.74, 6) is 2.43. The normalized spacial score (nSPS) is 12.0. The maximum Gasteiger partial charge on any atom is 0.159 e. The molecule has 458 valence electrons.